The van der Waals surface area contributed by atoms with Gasteiger partial charge >= 0.3 is 6.25 Å². The zero-order valence-electron chi connectivity index (χ0n) is 6.35. The van der Waals surface area contributed by atoms with E-state index in [0.29, 0.717) is 5.75 Å². The molecular weight excluding hydrogens is 235 g/mol. The highest BCUT2D eigenvalue weighted by Gasteiger charge is 2.30. The van der Waals surface area contributed by atoms with E-state index in [1.165, 1.54) is 0 Å². The fraction of sp³-hybridized carbons (Fsp3) is 0.143. The van der Waals surface area contributed by atoms with Crippen LogP contribution in [0.15, 0.2) is 24.3 Å². The summed E-state index contributed by atoms with van der Waals surface area (Å²) in [7, 11) is 0. The van der Waals surface area contributed by atoms with Crippen molar-refractivity contribution < 1.29 is 4.43 Å². The van der Waals surface area contributed by atoms with Crippen molar-refractivity contribution in [2.24, 2.45) is 0 Å². The maximum Gasteiger partial charge on any atom is 0.555 e. The summed E-state index contributed by atoms with van der Waals surface area (Å²) in [5.41, 5.74) is 0.969. The highest BCUT2D eigenvalue weighted by molar-refractivity contribution is 7.62. The predicted octanol–water partition coefficient (Wildman–Crippen LogP) is 3.53. The second-order valence-electron chi connectivity index (χ2n) is 2.31. The summed E-state index contributed by atoms with van der Waals surface area (Å²) >= 11 is 16.8. The Balaban J connectivity index is 2.83. The molecule has 0 aromatic heterocycles. The Kier molecular flexibility index (Phi) is 3.29. The molecular formula is C7H7Cl3OSi. The monoisotopic (exact) mass is 240 g/mol. The Bertz CT molecular complexity index is 272. The zero-order valence-corrected chi connectivity index (χ0v) is 9.62. The van der Waals surface area contributed by atoms with Gasteiger partial charge < -0.3 is 4.43 Å². The third kappa shape index (κ3) is 3.23. The molecule has 1 nitrogen and oxygen atoms in total. The van der Waals surface area contributed by atoms with Gasteiger partial charge in [0.25, 0.3) is 0 Å². The molecule has 0 unspecified atom stereocenters. The van der Waals surface area contributed by atoms with E-state index in [1.54, 1.807) is 6.07 Å². The van der Waals surface area contributed by atoms with Gasteiger partial charge in [0.15, 0.2) is 0 Å². The molecule has 1 rings (SSSR count). The van der Waals surface area contributed by atoms with E-state index < -0.39 is 6.25 Å². The number of aryl methyl sites for hydroxylation is 1. The largest absolute Gasteiger partial charge is 0.555 e. The summed E-state index contributed by atoms with van der Waals surface area (Å²) < 4.78 is 5.17. The van der Waals surface area contributed by atoms with Gasteiger partial charge in [0, 0.05) is 0 Å². The van der Waals surface area contributed by atoms with Gasteiger partial charge in [0.2, 0.25) is 0 Å². The van der Waals surface area contributed by atoms with E-state index in [4.69, 9.17) is 37.7 Å². The molecule has 12 heavy (non-hydrogen) atoms. The van der Waals surface area contributed by atoms with Crippen LogP contribution in [0, 0.1) is 6.92 Å². The Morgan fingerprint density at radius 2 is 1.75 bits per heavy atom. The Hall–Kier alpha value is 0.107. The first kappa shape index (κ1) is 10.2. The molecule has 5 heteroatoms. The second-order valence-corrected chi connectivity index (χ2v) is 9.94. The predicted molar refractivity (Wildman–Crippen MR) is 55.1 cm³/mol. The van der Waals surface area contributed by atoms with E-state index in [9.17, 15) is 0 Å². The lowest BCUT2D eigenvalue weighted by molar-refractivity contribution is 0.591. The molecule has 0 atom stereocenters. The second kappa shape index (κ2) is 3.88. The Morgan fingerprint density at radius 3 is 2.25 bits per heavy atom. The molecule has 1 aromatic rings. The molecule has 0 bridgehead atoms. The van der Waals surface area contributed by atoms with Gasteiger partial charge in [0.05, 0.1) is 0 Å². The minimum absolute atomic E-state index is 0.643. The van der Waals surface area contributed by atoms with E-state index in [0.717, 1.165) is 5.56 Å². The number of rotatable bonds is 2. The Morgan fingerprint density at radius 1 is 1.17 bits per heavy atom. The minimum Gasteiger partial charge on any atom is -0.508 e. The van der Waals surface area contributed by atoms with Gasteiger partial charge in [0.1, 0.15) is 5.75 Å². The van der Waals surface area contributed by atoms with Gasteiger partial charge in [-0.05, 0) is 18.6 Å². The summed E-state index contributed by atoms with van der Waals surface area (Å²) in [6, 6.07) is 7.43. The van der Waals surface area contributed by atoms with Gasteiger partial charge in [-0.1, -0.05) is 51.4 Å². The first-order valence-electron chi connectivity index (χ1n) is 3.30. The lowest BCUT2D eigenvalue weighted by Crippen LogP contribution is -2.20. The number of para-hydroxylation sites is 1. The average molecular weight is 242 g/mol. The molecule has 0 amide bonds. The quantitative estimate of drug-likeness (QED) is 0.569. The van der Waals surface area contributed by atoms with Crippen molar-refractivity contribution in [3.63, 3.8) is 0 Å². The molecule has 0 fully saturated rings. The third-order valence-electron chi connectivity index (χ3n) is 1.32. The van der Waals surface area contributed by atoms with Gasteiger partial charge in [-0.2, -0.15) is 0 Å². The van der Waals surface area contributed by atoms with Crippen molar-refractivity contribution in [2.75, 3.05) is 0 Å². The molecule has 0 N–H and O–H groups in total. The lowest BCUT2D eigenvalue weighted by atomic mass is 10.2. The Labute approximate surface area is 86.4 Å². The molecule has 0 saturated carbocycles. The smallest absolute Gasteiger partial charge is 0.508 e. The van der Waals surface area contributed by atoms with Gasteiger partial charge in [-0.15, -0.1) is 0 Å². The maximum atomic E-state index is 5.59. The highest BCUT2D eigenvalue weighted by atomic mass is 35.8. The first-order valence-corrected chi connectivity index (χ1v) is 8.25. The van der Waals surface area contributed by atoms with Crippen LogP contribution >= 0.6 is 33.2 Å². The lowest BCUT2D eigenvalue weighted by Gasteiger charge is -2.12. The highest BCUT2D eigenvalue weighted by Crippen LogP contribution is 2.27. The summed E-state index contributed by atoms with van der Waals surface area (Å²) in [5.74, 6) is 0.643. The van der Waals surface area contributed by atoms with E-state index >= 15 is 0 Å². The fourth-order valence-corrected chi connectivity index (χ4v) is 2.02. The van der Waals surface area contributed by atoms with Crippen LogP contribution in [0.2, 0.25) is 0 Å². The molecule has 0 aliphatic carbocycles. The average Bonchev–Trinajstić information content (AvgIpc) is 1.91. The summed E-state index contributed by atoms with van der Waals surface area (Å²) in [6.45, 7) is 1.90. The van der Waals surface area contributed by atoms with Crippen LogP contribution in [0.4, 0.5) is 0 Å². The number of hydrogen-bond acceptors (Lipinski definition) is 1. The number of benzene rings is 1. The normalized spacial score (nSPS) is 11.3. The van der Waals surface area contributed by atoms with Crippen molar-refractivity contribution in [1.82, 2.24) is 0 Å². The van der Waals surface area contributed by atoms with Crippen molar-refractivity contribution in [3.05, 3.63) is 29.8 Å². The molecule has 0 aliphatic rings. The van der Waals surface area contributed by atoms with Crippen LogP contribution < -0.4 is 4.43 Å². The minimum atomic E-state index is -3.01. The van der Waals surface area contributed by atoms with Crippen molar-refractivity contribution in [3.8, 4) is 5.75 Å². The standard InChI is InChI=1S/C7H7Cl3OSi/c1-6-4-2-3-5-7(6)11-12(8,9)10/h2-5H,1H3. The number of halogens is 3. The van der Waals surface area contributed by atoms with Crippen molar-refractivity contribution in [2.45, 2.75) is 6.92 Å². The first-order chi connectivity index (χ1) is 5.49. The van der Waals surface area contributed by atoms with Crippen molar-refractivity contribution >= 4 is 39.5 Å². The maximum absolute atomic E-state index is 5.59. The van der Waals surface area contributed by atoms with E-state index in [1.807, 2.05) is 25.1 Å². The van der Waals surface area contributed by atoms with Gasteiger partial charge in [-0.3, -0.25) is 0 Å². The van der Waals surface area contributed by atoms with Crippen LogP contribution in [-0.4, -0.2) is 6.25 Å². The molecule has 0 aliphatic heterocycles. The fourth-order valence-electron chi connectivity index (χ4n) is 0.796. The summed E-state index contributed by atoms with van der Waals surface area (Å²) in [4.78, 5) is 0. The van der Waals surface area contributed by atoms with Crippen LogP contribution in [0.3, 0.4) is 0 Å². The summed E-state index contributed by atoms with van der Waals surface area (Å²) in [6.07, 6.45) is -3.01. The zero-order chi connectivity index (χ0) is 9.19. The molecule has 0 radical (unpaired) electrons. The molecule has 1 aromatic carbocycles. The third-order valence-corrected chi connectivity index (χ3v) is 2.47. The molecule has 0 saturated heterocycles. The van der Waals surface area contributed by atoms with Gasteiger partial charge in [-0.25, -0.2) is 0 Å². The number of hydrogen-bond donors (Lipinski definition) is 0. The van der Waals surface area contributed by atoms with Crippen LogP contribution in [0.5, 0.6) is 5.75 Å². The van der Waals surface area contributed by atoms with E-state index in [-0.39, 0.29) is 0 Å². The van der Waals surface area contributed by atoms with Crippen LogP contribution in [-0.2, 0) is 0 Å². The summed E-state index contributed by atoms with van der Waals surface area (Å²) in [5, 5.41) is 0. The SMILES string of the molecule is Cc1ccccc1O[Si](Cl)(Cl)Cl. The van der Waals surface area contributed by atoms with Crippen LogP contribution in [0.1, 0.15) is 5.56 Å². The molecule has 0 spiro atoms. The van der Waals surface area contributed by atoms with Crippen LogP contribution in [0.25, 0.3) is 0 Å². The topological polar surface area (TPSA) is 9.23 Å². The molecule has 0 heterocycles. The van der Waals surface area contributed by atoms with Crippen molar-refractivity contribution in [1.29, 1.82) is 0 Å². The molecule has 66 valence electrons. The van der Waals surface area contributed by atoms with E-state index in [2.05, 4.69) is 0 Å².